The Labute approximate surface area is 79.9 Å². The van der Waals surface area contributed by atoms with Crippen molar-refractivity contribution in [2.75, 3.05) is 5.75 Å². The highest BCUT2D eigenvalue weighted by atomic mass is 32.2. The van der Waals surface area contributed by atoms with Crippen molar-refractivity contribution in [3.8, 4) is 0 Å². The van der Waals surface area contributed by atoms with Gasteiger partial charge in [-0.25, -0.2) is 22.3 Å². The molecule has 80 valence electrons. The Balaban J connectivity index is 4.85. The molecule has 0 saturated carbocycles. The predicted octanol–water partition coefficient (Wildman–Crippen LogP) is -0.426. The molecule has 1 N–H and O–H groups in total. The van der Waals surface area contributed by atoms with Crippen LogP contribution >= 0.6 is 7.68 Å². The fourth-order valence-corrected chi connectivity index (χ4v) is 2.50. The van der Waals surface area contributed by atoms with Crippen molar-refractivity contribution in [2.24, 2.45) is 0 Å². The Morgan fingerprint density at radius 1 is 1.36 bits per heavy atom. The number of carbonyl (C=O) groups is 2. The summed E-state index contributed by atoms with van der Waals surface area (Å²) in [6.45, 7) is 0.871. The highest BCUT2D eigenvalue weighted by Crippen LogP contribution is 2.20. The molecule has 14 heavy (non-hydrogen) atoms. The predicted molar refractivity (Wildman–Crippen MR) is 44.2 cm³/mol. The molecule has 0 bridgehead atoms. The molecule has 0 saturated heterocycles. The Morgan fingerprint density at radius 3 is 2.07 bits per heavy atom. The van der Waals surface area contributed by atoms with E-state index in [1.54, 1.807) is 0 Å². The third-order valence-electron chi connectivity index (χ3n) is 1.39. The van der Waals surface area contributed by atoms with Crippen LogP contribution in [0.5, 0.6) is 0 Å². The standard InChI is InChI=1S/C5H7O7PS/c1-3(13(9)10)14(11,12)2-4(6)5(7)8/h3H,2H2,1H3,(H,7,8). The zero-order valence-electron chi connectivity index (χ0n) is 7.04. The van der Waals surface area contributed by atoms with Crippen LogP contribution in [0.3, 0.4) is 0 Å². The van der Waals surface area contributed by atoms with E-state index in [-0.39, 0.29) is 0 Å². The number of hydrogen-bond donors (Lipinski definition) is 1. The normalized spacial score (nSPS) is 13.2. The average Bonchev–Trinajstić information content (AvgIpc) is 2.01. The van der Waals surface area contributed by atoms with Crippen LogP contribution in [0.2, 0.25) is 0 Å². The highest BCUT2D eigenvalue weighted by molar-refractivity contribution is 7.97. The third kappa shape index (κ3) is 3.39. The summed E-state index contributed by atoms with van der Waals surface area (Å²) in [6, 6.07) is 0. The molecule has 7 nitrogen and oxygen atoms in total. The zero-order valence-corrected chi connectivity index (χ0v) is 8.75. The van der Waals surface area contributed by atoms with Gasteiger partial charge >= 0.3 is 13.6 Å². The number of rotatable bonds is 5. The van der Waals surface area contributed by atoms with E-state index in [4.69, 9.17) is 5.11 Å². The fourth-order valence-electron chi connectivity index (χ4n) is 0.496. The first-order valence-corrected chi connectivity index (χ1v) is 6.26. The molecule has 0 spiro atoms. The number of ketones is 1. The van der Waals surface area contributed by atoms with Crippen molar-refractivity contribution in [1.82, 2.24) is 0 Å². The van der Waals surface area contributed by atoms with E-state index in [1.807, 2.05) is 0 Å². The summed E-state index contributed by atoms with van der Waals surface area (Å²) in [5, 5.41) is 8.10. The van der Waals surface area contributed by atoms with Crippen molar-refractivity contribution in [2.45, 2.75) is 11.9 Å². The second kappa shape index (κ2) is 4.47. The van der Waals surface area contributed by atoms with Gasteiger partial charge in [-0.1, -0.05) is 0 Å². The van der Waals surface area contributed by atoms with E-state index in [0.29, 0.717) is 0 Å². The lowest BCUT2D eigenvalue weighted by Gasteiger charge is -2.01. The number of carboxylic acids is 1. The quantitative estimate of drug-likeness (QED) is 0.512. The molecule has 0 aliphatic heterocycles. The van der Waals surface area contributed by atoms with Gasteiger partial charge in [-0.05, 0) is 6.92 Å². The van der Waals surface area contributed by atoms with Gasteiger partial charge in [-0.3, -0.25) is 4.79 Å². The maximum Gasteiger partial charge on any atom is 0.373 e. The SMILES string of the molecule is CC(P(=O)=O)S(=O)(=O)CC(=O)C(=O)O. The van der Waals surface area contributed by atoms with Gasteiger partial charge in [-0.2, -0.15) is 0 Å². The Bertz CT molecular complexity index is 409. The van der Waals surface area contributed by atoms with Gasteiger partial charge in [0.1, 0.15) is 5.75 Å². The first kappa shape index (κ1) is 13.0. The van der Waals surface area contributed by atoms with E-state index >= 15 is 0 Å². The molecule has 0 aliphatic rings. The summed E-state index contributed by atoms with van der Waals surface area (Å²) in [5.41, 5.74) is 0. The minimum Gasteiger partial charge on any atom is -0.475 e. The first-order chi connectivity index (χ1) is 6.18. The van der Waals surface area contributed by atoms with Gasteiger partial charge in [0, 0.05) is 0 Å². The smallest absolute Gasteiger partial charge is 0.373 e. The van der Waals surface area contributed by atoms with E-state index in [1.165, 1.54) is 0 Å². The van der Waals surface area contributed by atoms with Gasteiger partial charge in [0.15, 0.2) is 14.8 Å². The van der Waals surface area contributed by atoms with Crippen LogP contribution < -0.4 is 0 Å². The summed E-state index contributed by atoms with van der Waals surface area (Å²) in [7, 11) is -7.46. The zero-order chi connectivity index (χ0) is 11.5. The van der Waals surface area contributed by atoms with Gasteiger partial charge in [0.25, 0.3) is 5.78 Å². The van der Waals surface area contributed by atoms with Crippen molar-refractivity contribution in [1.29, 1.82) is 0 Å². The van der Waals surface area contributed by atoms with Crippen LogP contribution in [0.25, 0.3) is 0 Å². The van der Waals surface area contributed by atoms with Crippen molar-refractivity contribution in [3.63, 3.8) is 0 Å². The number of carbonyl (C=O) groups excluding carboxylic acids is 1. The Kier molecular flexibility index (Phi) is 4.15. The molecule has 0 amide bonds. The molecule has 0 aromatic carbocycles. The monoisotopic (exact) mass is 242 g/mol. The van der Waals surface area contributed by atoms with Crippen LogP contribution in [0.4, 0.5) is 0 Å². The molecule has 0 heterocycles. The summed E-state index contributed by atoms with van der Waals surface area (Å²) >= 11 is 0. The lowest BCUT2D eigenvalue weighted by atomic mass is 10.5. The maximum absolute atomic E-state index is 11.0. The number of sulfone groups is 1. The lowest BCUT2D eigenvalue weighted by molar-refractivity contribution is -0.147. The number of hydrogen-bond acceptors (Lipinski definition) is 6. The molecule has 0 aromatic rings. The Hall–Kier alpha value is -1.01. The van der Waals surface area contributed by atoms with E-state index in [2.05, 4.69) is 0 Å². The second-order valence-electron chi connectivity index (χ2n) is 2.42. The Morgan fingerprint density at radius 2 is 1.79 bits per heavy atom. The average molecular weight is 242 g/mol. The molecule has 9 heteroatoms. The molecule has 1 unspecified atom stereocenters. The summed E-state index contributed by atoms with van der Waals surface area (Å²) in [4.78, 5) is 18.8. The minimum atomic E-state index is -4.23. The molecule has 0 rings (SSSR count). The maximum atomic E-state index is 11.0. The lowest BCUT2D eigenvalue weighted by Crippen LogP contribution is -2.27. The molecule has 0 aromatic heterocycles. The second-order valence-corrected chi connectivity index (χ2v) is 6.44. The molecule has 0 fully saturated rings. The third-order valence-corrected chi connectivity index (χ3v) is 5.17. The number of Topliss-reactive ketones (excluding diaryl/α,β-unsaturated/α-hetero) is 1. The summed E-state index contributed by atoms with van der Waals surface area (Å²) in [5.74, 6) is -4.75. The molecule has 0 radical (unpaired) electrons. The number of aliphatic carboxylic acids is 1. The fraction of sp³-hybridized carbons (Fsp3) is 0.600. The molecule has 0 aliphatic carbocycles. The van der Waals surface area contributed by atoms with Crippen LogP contribution in [0.15, 0.2) is 0 Å². The van der Waals surface area contributed by atoms with Crippen LogP contribution in [-0.4, -0.2) is 36.0 Å². The molecular weight excluding hydrogens is 235 g/mol. The molecule has 1 atom stereocenters. The largest absolute Gasteiger partial charge is 0.475 e. The van der Waals surface area contributed by atoms with E-state index < -0.39 is 40.0 Å². The van der Waals surface area contributed by atoms with Crippen molar-refractivity contribution >= 4 is 29.3 Å². The van der Waals surface area contributed by atoms with Gasteiger partial charge in [0.2, 0.25) is 0 Å². The van der Waals surface area contributed by atoms with Gasteiger partial charge < -0.3 is 5.11 Å². The number of carboxylic acid groups (broad SMARTS) is 1. The van der Waals surface area contributed by atoms with Gasteiger partial charge in [0.05, 0.1) is 0 Å². The summed E-state index contributed by atoms with van der Waals surface area (Å²) in [6.07, 6.45) is 0. The minimum absolute atomic E-state index is 0.871. The van der Waals surface area contributed by atoms with Gasteiger partial charge in [-0.15, -0.1) is 0 Å². The van der Waals surface area contributed by atoms with Crippen molar-refractivity contribution in [3.05, 3.63) is 0 Å². The van der Waals surface area contributed by atoms with Crippen LogP contribution in [0, 0.1) is 0 Å². The van der Waals surface area contributed by atoms with Crippen molar-refractivity contribution < 1.29 is 32.2 Å². The van der Waals surface area contributed by atoms with Crippen LogP contribution in [-0.2, 0) is 28.6 Å². The topological polar surface area (TPSA) is 123 Å². The first-order valence-electron chi connectivity index (χ1n) is 3.29. The van der Waals surface area contributed by atoms with E-state index in [9.17, 15) is 27.1 Å². The van der Waals surface area contributed by atoms with E-state index in [0.717, 1.165) is 6.92 Å². The van der Waals surface area contributed by atoms with Crippen LogP contribution in [0.1, 0.15) is 6.92 Å². The summed E-state index contributed by atoms with van der Waals surface area (Å²) < 4.78 is 42.6. The molecular formula is C5H7O7PS. The highest BCUT2D eigenvalue weighted by Gasteiger charge is 2.30.